The predicted molar refractivity (Wildman–Crippen MR) is 124 cm³/mol. The second kappa shape index (κ2) is 8.21. The molecule has 4 rings (SSSR count). The van der Waals surface area contributed by atoms with Crippen LogP contribution in [0, 0.1) is 23.7 Å². The summed E-state index contributed by atoms with van der Waals surface area (Å²) in [5.74, 6) is -10.6. The first kappa shape index (κ1) is 25.0. The van der Waals surface area contributed by atoms with E-state index in [0.29, 0.717) is 16.8 Å². The van der Waals surface area contributed by atoms with E-state index in [1.54, 1.807) is 39.2 Å². The van der Waals surface area contributed by atoms with E-state index < -0.39 is 64.4 Å². The van der Waals surface area contributed by atoms with Gasteiger partial charge in [0.25, 0.3) is 0 Å². The Labute approximate surface area is 202 Å². The van der Waals surface area contributed by atoms with Crippen LogP contribution in [0.4, 0.5) is 5.69 Å². The molecule has 1 amide bonds. The number of nitrogens with two attached hydrogens (primary N) is 2. The molecule has 0 spiro atoms. The highest BCUT2D eigenvalue weighted by Gasteiger charge is 2.69. The summed E-state index contributed by atoms with van der Waals surface area (Å²) in [5.41, 5.74) is 9.81. The van der Waals surface area contributed by atoms with Crippen molar-refractivity contribution in [3.05, 3.63) is 22.8 Å². The van der Waals surface area contributed by atoms with Crippen LogP contribution in [0.5, 0.6) is 5.75 Å². The highest BCUT2D eigenvalue weighted by Crippen LogP contribution is 2.52. The molecule has 11 nitrogen and oxygen atoms in total. The van der Waals surface area contributed by atoms with Crippen LogP contribution in [0.15, 0.2) is 6.07 Å². The maximum Gasteiger partial charge on any atom is 0.235 e. The van der Waals surface area contributed by atoms with Crippen LogP contribution >= 0.6 is 0 Å². The normalized spacial score (nSPS) is 32.3. The second-order valence-corrected chi connectivity index (χ2v) is 10.1. The lowest BCUT2D eigenvalue weighted by molar-refractivity contribution is -0.181. The average molecular weight is 487 g/mol. The fourth-order valence-corrected chi connectivity index (χ4v) is 6.26. The van der Waals surface area contributed by atoms with Crippen molar-refractivity contribution < 1.29 is 34.2 Å². The molecule has 0 aliphatic heterocycles. The van der Waals surface area contributed by atoms with Crippen molar-refractivity contribution >= 4 is 34.7 Å². The molecule has 0 radical (unpaired) electrons. The average Bonchev–Trinajstić information content (AvgIpc) is 2.75. The molecular weight excluding hydrogens is 456 g/mol. The summed E-state index contributed by atoms with van der Waals surface area (Å²) < 4.78 is 0. The molecule has 2 unspecified atom stereocenters. The Balaban J connectivity index is 1.91. The molecule has 1 aromatic rings. The zero-order chi connectivity index (χ0) is 26.1. The van der Waals surface area contributed by atoms with Crippen molar-refractivity contribution in [3.8, 4) is 5.75 Å². The summed E-state index contributed by atoms with van der Waals surface area (Å²) in [7, 11) is 6.65. The number of phenolic OH excluding ortho intramolecular Hbond substituents is 1. The molecule has 6 atom stereocenters. The van der Waals surface area contributed by atoms with E-state index in [4.69, 9.17) is 11.5 Å². The van der Waals surface area contributed by atoms with E-state index >= 15 is 0 Å². The molecule has 2 fully saturated rings. The number of nitrogens with zero attached hydrogens (tertiary/aromatic N) is 2. The molecule has 188 valence electrons. The van der Waals surface area contributed by atoms with Crippen molar-refractivity contribution in [1.29, 1.82) is 0 Å². The monoisotopic (exact) mass is 486 g/mol. The van der Waals surface area contributed by atoms with E-state index in [9.17, 15) is 34.2 Å². The molecule has 0 aromatic heterocycles. The van der Waals surface area contributed by atoms with Gasteiger partial charge in [-0.3, -0.25) is 28.9 Å². The number of hydrogen-bond acceptors (Lipinski definition) is 10. The Morgan fingerprint density at radius 2 is 1.77 bits per heavy atom. The third kappa shape index (κ3) is 3.25. The number of likely N-dealkylation sites (N-methyl/N-ethyl adjacent to an activating group) is 1. The van der Waals surface area contributed by atoms with Gasteiger partial charge < -0.3 is 26.6 Å². The number of hydrogen-bond donors (Lipinski definition) is 4. The number of benzene rings is 1. The van der Waals surface area contributed by atoms with Crippen molar-refractivity contribution in [3.63, 3.8) is 0 Å². The number of primary amides is 1. The van der Waals surface area contributed by atoms with Crippen LogP contribution in [0.3, 0.4) is 0 Å². The van der Waals surface area contributed by atoms with Crippen molar-refractivity contribution in [1.82, 2.24) is 4.90 Å². The van der Waals surface area contributed by atoms with Gasteiger partial charge in [0.2, 0.25) is 5.91 Å². The zero-order valence-corrected chi connectivity index (χ0v) is 20.1. The zero-order valence-electron chi connectivity index (χ0n) is 20.1. The fourth-order valence-electron chi connectivity index (χ4n) is 6.26. The molecule has 6 N–H and O–H groups in total. The third-order valence-corrected chi connectivity index (χ3v) is 7.82. The molecule has 3 aliphatic carbocycles. The fraction of sp³-hybridized carbons (Fsp3) is 0.542. The summed E-state index contributed by atoms with van der Waals surface area (Å²) in [6.07, 6.45) is 0.216. The van der Waals surface area contributed by atoms with E-state index in [2.05, 4.69) is 0 Å². The first-order chi connectivity index (χ1) is 16.3. The van der Waals surface area contributed by atoms with Gasteiger partial charge >= 0.3 is 0 Å². The molecule has 11 heteroatoms. The molecule has 2 saturated carbocycles. The van der Waals surface area contributed by atoms with E-state index in [1.165, 1.54) is 4.90 Å². The molecule has 3 aliphatic rings. The number of rotatable bonds is 4. The number of amides is 1. The first-order valence-corrected chi connectivity index (χ1v) is 11.4. The Kier molecular flexibility index (Phi) is 5.86. The van der Waals surface area contributed by atoms with Gasteiger partial charge in [-0.2, -0.15) is 0 Å². The minimum Gasteiger partial charge on any atom is -0.507 e. The summed E-state index contributed by atoms with van der Waals surface area (Å²) in [4.78, 5) is 69.1. The standard InChI is InChI=1S/C24H30N4O7/c1-27(2)13-7-10(8-25)18(29)15-11(13)5-9-6-12-17(28(3)4)20(31)16(23(26)34)22(33)24(12,35)21(32)14(9)19(15)30/h7,9,12,14,16-17,29,35H,5-6,8,25H2,1-4H3,(H2,26,34)/t9-,12-,14?,16?,17-,24-/m0/s1. The number of carbonyl (C=O) groups excluding carboxylic acids is 5. The van der Waals surface area contributed by atoms with Gasteiger partial charge in [-0.25, -0.2) is 0 Å². The summed E-state index contributed by atoms with van der Waals surface area (Å²) in [6.45, 7) is -0.0489. The van der Waals surface area contributed by atoms with Crippen molar-refractivity contribution in [2.24, 2.45) is 35.1 Å². The highest BCUT2D eigenvalue weighted by molar-refractivity contribution is 6.32. The number of anilines is 1. The lowest BCUT2D eigenvalue weighted by Crippen LogP contribution is -2.74. The molecule has 0 heterocycles. The number of fused-ring (bicyclic) bond motifs is 3. The largest absolute Gasteiger partial charge is 0.507 e. The van der Waals surface area contributed by atoms with Gasteiger partial charge in [0.1, 0.15) is 5.75 Å². The smallest absolute Gasteiger partial charge is 0.235 e. The topological polar surface area (TPSA) is 184 Å². The third-order valence-electron chi connectivity index (χ3n) is 7.82. The lowest BCUT2D eigenvalue weighted by atomic mass is 9.52. The van der Waals surface area contributed by atoms with Gasteiger partial charge in [-0.05, 0) is 44.5 Å². The number of Topliss-reactive ketones (excluding diaryl/α,β-unsaturated/α-hetero) is 4. The maximum atomic E-state index is 13.8. The summed E-state index contributed by atoms with van der Waals surface area (Å²) in [5, 5.41) is 22.4. The SMILES string of the molecule is CN(C)c1cc(CN)c(O)c2c1C[C@H]1C[C@H]3[C@H](N(C)C)C(=O)C(C(N)=O)C(=O)[C@@]3(O)C(=O)C1C2=O. The molecule has 1 aromatic carbocycles. The summed E-state index contributed by atoms with van der Waals surface area (Å²) >= 11 is 0. The quantitative estimate of drug-likeness (QED) is 0.361. The minimum absolute atomic E-state index is 0.0101. The van der Waals surface area contributed by atoms with Crippen molar-refractivity contribution in [2.75, 3.05) is 33.1 Å². The van der Waals surface area contributed by atoms with E-state index in [0.717, 1.165) is 0 Å². The van der Waals surface area contributed by atoms with Crippen LogP contribution in [-0.4, -0.2) is 84.0 Å². The number of aromatic hydroxyl groups is 1. The Bertz CT molecular complexity index is 1180. The Morgan fingerprint density at radius 3 is 2.29 bits per heavy atom. The van der Waals surface area contributed by atoms with Gasteiger partial charge in [0, 0.05) is 37.8 Å². The molecular formula is C24H30N4O7. The summed E-state index contributed by atoms with van der Waals surface area (Å²) in [6, 6.07) is 0.564. The highest BCUT2D eigenvalue weighted by atomic mass is 16.3. The van der Waals surface area contributed by atoms with E-state index in [1.807, 2.05) is 0 Å². The molecule has 35 heavy (non-hydrogen) atoms. The molecule has 0 saturated heterocycles. The van der Waals surface area contributed by atoms with Crippen LogP contribution in [-0.2, 0) is 32.1 Å². The number of phenols is 1. The van der Waals surface area contributed by atoms with Crippen LogP contribution in [0.1, 0.15) is 27.9 Å². The second-order valence-electron chi connectivity index (χ2n) is 10.1. The molecule has 0 bridgehead atoms. The lowest BCUT2D eigenvalue weighted by Gasteiger charge is -2.52. The van der Waals surface area contributed by atoms with Gasteiger partial charge in [0.05, 0.1) is 17.5 Å². The van der Waals surface area contributed by atoms with Gasteiger partial charge in [0.15, 0.2) is 34.7 Å². The number of ketones is 4. The Morgan fingerprint density at radius 1 is 1.14 bits per heavy atom. The van der Waals surface area contributed by atoms with E-state index in [-0.39, 0.29) is 30.7 Å². The van der Waals surface area contributed by atoms with Crippen molar-refractivity contribution in [2.45, 2.75) is 31.0 Å². The predicted octanol–water partition coefficient (Wildman–Crippen LogP) is -1.61. The van der Waals surface area contributed by atoms with Gasteiger partial charge in [-0.1, -0.05) is 0 Å². The van der Waals surface area contributed by atoms with Crippen LogP contribution < -0.4 is 16.4 Å². The van der Waals surface area contributed by atoms with Crippen LogP contribution in [0.25, 0.3) is 0 Å². The van der Waals surface area contributed by atoms with Crippen LogP contribution in [0.2, 0.25) is 0 Å². The number of aliphatic hydroxyl groups is 1. The maximum absolute atomic E-state index is 13.8. The minimum atomic E-state index is -2.73. The van der Waals surface area contributed by atoms with Gasteiger partial charge in [-0.15, -0.1) is 0 Å². The Hall–Kier alpha value is -3.15. The number of carbonyl (C=O) groups is 5. The first-order valence-electron chi connectivity index (χ1n) is 11.4.